The second-order valence-corrected chi connectivity index (χ2v) is 7.82. The minimum atomic E-state index is 0.131. The lowest BCUT2D eigenvalue weighted by molar-refractivity contribution is 0.321. The number of fused-ring (bicyclic) bond motifs is 1. The summed E-state index contributed by atoms with van der Waals surface area (Å²) in [4.78, 5) is 12.6. The first-order valence-electron chi connectivity index (χ1n) is 8.89. The Morgan fingerprint density at radius 1 is 1.12 bits per heavy atom. The molecule has 3 nitrogen and oxygen atoms in total. The molecule has 25 heavy (non-hydrogen) atoms. The molecule has 1 heterocycles. The van der Waals surface area contributed by atoms with Gasteiger partial charge in [-0.25, -0.2) is 0 Å². The summed E-state index contributed by atoms with van der Waals surface area (Å²) in [6.07, 6.45) is 6.37. The number of benzene rings is 2. The van der Waals surface area contributed by atoms with Gasteiger partial charge in [-0.2, -0.15) is 5.26 Å². The van der Waals surface area contributed by atoms with Crippen LogP contribution >= 0.6 is 11.3 Å². The first kappa shape index (κ1) is 16.1. The molecule has 1 aliphatic carbocycles. The van der Waals surface area contributed by atoms with Gasteiger partial charge in [-0.05, 0) is 48.1 Å². The summed E-state index contributed by atoms with van der Waals surface area (Å²) in [6, 6.07) is 16.0. The molecule has 0 amide bonds. The zero-order valence-corrected chi connectivity index (χ0v) is 14.9. The van der Waals surface area contributed by atoms with Crippen LogP contribution in [0.2, 0.25) is 0 Å². The van der Waals surface area contributed by atoms with Crippen LogP contribution in [0.5, 0.6) is 0 Å². The smallest absolute Gasteiger partial charge is 0.298 e. The Hall–Kier alpha value is -2.38. The Morgan fingerprint density at radius 2 is 1.92 bits per heavy atom. The van der Waals surface area contributed by atoms with Crippen molar-refractivity contribution in [2.75, 3.05) is 0 Å². The second-order valence-electron chi connectivity index (χ2n) is 6.82. The van der Waals surface area contributed by atoms with Crippen molar-refractivity contribution < 1.29 is 0 Å². The number of hydrogen-bond acceptors (Lipinski definition) is 3. The maximum atomic E-state index is 12.5. The average molecular weight is 348 g/mol. The van der Waals surface area contributed by atoms with Crippen molar-refractivity contribution in [3.8, 4) is 17.2 Å². The Balaban J connectivity index is 1.73. The van der Waals surface area contributed by atoms with Gasteiger partial charge in [0.05, 0.1) is 21.8 Å². The van der Waals surface area contributed by atoms with E-state index in [-0.39, 0.29) is 4.87 Å². The SMILES string of the molecule is N#Cc1ccccc1-c1ccc2c(c1)sc(=O)n2CC1CCCCC1. The zero-order chi connectivity index (χ0) is 17.2. The summed E-state index contributed by atoms with van der Waals surface area (Å²) < 4.78 is 2.96. The molecular formula is C21H20N2OS. The van der Waals surface area contributed by atoms with Crippen LogP contribution in [0.4, 0.5) is 0 Å². The van der Waals surface area contributed by atoms with E-state index in [1.807, 2.05) is 41.0 Å². The number of nitriles is 1. The molecule has 0 spiro atoms. The van der Waals surface area contributed by atoms with Crippen LogP contribution in [0.15, 0.2) is 47.3 Å². The van der Waals surface area contributed by atoms with Gasteiger partial charge in [0, 0.05) is 6.54 Å². The van der Waals surface area contributed by atoms with Crippen molar-refractivity contribution in [2.45, 2.75) is 38.6 Å². The fraction of sp³-hybridized carbons (Fsp3) is 0.333. The largest absolute Gasteiger partial charge is 0.308 e. The van der Waals surface area contributed by atoms with Crippen LogP contribution < -0.4 is 4.87 Å². The Labute approximate surface area is 151 Å². The molecule has 2 aromatic carbocycles. The fourth-order valence-electron chi connectivity index (χ4n) is 3.87. The van der Waals surface area contributed by atoms with Gasteiger partial charge in [0.2, 0.25) is 0 Å². The molecule has 0 unspecified atom stereocenters. The molecule has 0 radical (unpaired) electrons. The molecule has 4 rings (SSSR count). The molecule has 1 saturated carbocycles. The first-order valence-corrected chi connectivity index (χ1v) is 9.71. The molecule has 1 fully saturated rings. The van der Waals surface area contributed by atoms with Gasteiger partial charge >= 0.3 is 4.87 Å². The van der Waals surface area contributed by atoms with E-state index in [1.165, 1.54) is 43.4 Å². The van der Waals surface area contributed by atoms with E-state index in [0.29, 0.717) is 11.5 Å². The van der Waals surface area contributed by atoms with E-state index in [2.05, 4.69) is 12.1 Å². The third kappa shape index (κ3) is 3.12. The second kappa shape index (κ2) is 6.85. The standard InChI is InChI=1S/C21H20N2OS/c22-13-17-8-4-5-9-18(17)16-10-11-19-20(12-16)25-21(24)23(19)14-15-6-2-1-3-7-15/h4-5,8-12,15H,1-3,6-7,14H2. The van der Waals surface area contributed by atoms with Crippen LogP contribution in [0.3, 0.4) is 0 Å². The number of thiazole rings is 1. The highest BCUT2D eigenvalue weighted by Crippen LogP contribution is 2.30. The highest BCUT2D eigenvalue weighted by molar-refractivity contribution is 7.16. The lowest BCUT2D eigenvalue weighted by Gasteiger charge is -2.21. The van der Waals surface area contributed by atoms with Gasteiger partial charge in [0.25, 0.3) is 0 Å². The fourth-order valence-corrected chi connectivity index (χ4v) is 4.81. The predicted molar refractivity (Wildman–Crippen MR) is 103 cm³/mol. The number of hydrogen-bond donors (Lipinski definition) is 0. The molecule has 0 N–H and O–H groups in total. The molecule has 1 aliphatic rings. The van der Waals surface area contributed by atoms with Crippen LogP contribution in [-0.2, 0) is 6.54 Å². The van der Waals surface area contributed by atoms with Crippen molar-refractivity contribution in [3.63, 3.8) is 0 Å². The van der Waals surface area contributed by atoms with Gasteiger partial charge in [-0.3, -0.25) is 9.36 Å². The first-order chi connectivity index (χ1) is 12.3. The van der Waals surface area contributed by atoms with E-state index in [9.17, 15) is 10.1 Å². The lowest BCUT2D eigenvalue weighted by atomic mass is 9.89. The molecule has 126 valence electrons. The third-order valence-electron chi connectivity index (χ3n) is 5.19. The van der Waals surface area contributed by atoms with E-state index < -0.39 is 0 Å². The minimum Gasteiger partial charge on any atom is -0.298 e. The van der Waals surface area contributed by atoms with Crippen molar-refractivity contribution in [1.29, 1.82) is 5.26 Å². The lowest BCUT2D eigenvalue weighted by Crippen LogP contribution is -2.20. The van der Waals surface area contributed by atoms with Gasteiger partial charge in [0.1, 0.15) is 0 Å². The number of aromatic nitrogens is 1. The molecule has 0 atom stereocenters. The topological polar surface area (TPSA) is 45.8 Å². The average Bonchev–Trinajstić information content (AvgIpc) is 2.97. The van der Waals surface area contributed by atoms with E-state index in [1.54, 1.807) is 0 Å². The van der Waals surface area contributed by atoms with E-state index >= 15 is 0 Å². The highest BCUT2D eigenvalue weighted by atomic mass is 32.1. The third-order valence-corrected chi connectivity index (χ3v) is 6.13. The van der Waals surface area contributed by atoms with Crippen LogP contribution in [0, 0.1) is 17.2 Å². The molecule has 0 aliphatic heterocycles. The quantitative estimate of drug-likeness (QED) is 0.654. The van der Waals surface area contributed by atoms with Crippen molar-refractivity contribution in [2.24, 2.45) is 5.92 Å². The summed E-state index contributed by atoms with van der Waals surface area (Å²) in [6.45, 7) is 0.840. The van der Waals surface area contributed by atoms with Crippen LogP contribution in [0.25, 0.3) is 21.3 Å². The Morgan fingerprint density at radius 3 is 2.72 bits per heavy atom. The van der Waals surface area contributed by atoms with Gasteiger partial charge < -0.3 is 0 Å². The normalized spacial score (nSPS) is 15.3. The summed E-state index contributed by atoms with van der Waals surface area (Å²) in [5, 5.41) is 9.32. The van der Waals surface area contributed by atoms with Gasteiger partial charge in [-0.15, -0.1) is 0 Å². The minimum absolute atomic E-state index is 0.131. The zero-order valence-electron chi connectivity index (χ0n) is 14.1. The Kier molecular flexibility index (Phi) is 4.42. The van der Waals surface area contributed by atoms with Crippen molar-refractivity contribution in [1.82, 2.24) is 4.57 Å². The van der Waals surface area contributed by atoms with E-state index in [0.717, 1.165) is 27.9 Å². The van der Waals surface area contributed by atoms with Crippen LogP contribution in [0.1, 0.15) is 37.7 Å². The Bertz CT molecular complexity index is 1000. The molecule has 1 aromatic heterocycles. The highest BCUT2D eigenvalue weighted by Gasteiger charge is 2.17. The predicted octanol–water partition coefficient (Wildman–Crippen LogP) is 5.18. The molecule has 3 aromatic rings. The molecule has 0 saturated heterocycles. The summed E-state index contributed by atoms with van der Waals surface area (Å²) in [5.74, 6) is 0.628. The van der Waals surface area contributed by atoms with Gasteiger partial charge in [-0.1, -0.05) is 54.9 Å². The van der Waals surface area contributed by atoms with E-state index in [4.69, 9.17) is 0 Å². The molecule has 4 heteroatoms. The molecular weight excluding hydrogens is 328 g/mol. The van der Waals surface area contributed by atoms with Gasteiger partial charge in [0.15, 0.2) is 0 Å². The van der Waals surface area contributed by atoms with Crippen molar-refractivity contribution in [3.05, 3.63) is 57.7 Å². The van der Waals surface area contributed by atoms with Crippen LogP contribution in [-0.4, -0.2) is 4.57 Å². The summed E-state index contributed by atoms with van der Waals surface area (Å²) >= 11 is 1.31. The summed E-state index contributed by atoms with van der Waals surface area (Å²) in [7, 11) is 0. The van der Waals surface area contributed by atoms with Crippen molar-refractivity contribution >= 4 is 21.6 Å². The number of rotatable bonds is 3. The maximum Gasteiger partial charge on any atom is 0.308 e. The summed E-state index contributed by atoms with van der Waals surface area (Å²) in [5.41, 5.74) is 3.61. The monoisotopic (exact) mass is 348 g/mol. The maximum absolute atomic E-state index is 12.5. The number of nitrogens with zero attached hydrogens (tertiary/aromatic N) is 2. The molecule has 0 bridgehead atoms.